The zero-order valence-electron chi connectivity index (χ0n) is 67.1. The van der Waals surface area contributed by atoms with Crippen molar-refractivity contribution in [2.75, 3.05) is 39.3 Å². The predicted molar refractivity (Wildman–Crippen MR) is 427 cm³/mol. The predicted octanol–water partition coefficient (Wildman–Crippen LogP) is 0.486. The van der Waals surface area contributed by atoms with Gasteiger partial charge in [0.05, 0.1) is 44.5 Å². The largest absolute Gasteiger partial charge is 0.508 e. The highest BCUT2D eigenvalue weighted by Gasteiger charge is 2.41. The van der Waals surface area contributed by atoms with Crippen molar-refractivity contribution in [1.29, 1.82) is 0 Å². The standard InChI is InChI=1S/C79H115N19O19/c1-43(2)17-12-10-8-7-9-11-13-18-51-34-63(101)90-56(19-14-26-80)72(109)94-60(31-48-38-82-42-89-48)74(111)97-69(45(5)6)77(114)98-28-16-21-62(98)75(112)88-40-64(102)91-57(20-15-27-83-79(81)116)73(110)93-59(30-47-37-85-55-25-23-50(100)33-53(47)55)71(108)86-39-65(103)92-58(29-46-36-84-54-24-22-49(99)32-52(46)54)70(107)87-41-66(104)96-68(44(3)4)76(113)95-61(35-67(105)106)78(115)117-51/h22-25,32-33,36-38,42-45,51,56-62,68-69,84-85,99-100H,7-21,26-31,34-35,39-41,80H2,1-6H3,(H,82,89)(H,86,108)(H,87,107)(H,88,112)(H,90,101)(H,91,102)(H,92,103)(H,93,110)(H,94,109)(H,95,113)(H,96,104)(H,97,111)(H,105,106)(H3,81,83,116)/t51?,56-,57-,58-,59-,60-,61-,62-,68-,69-/m0/s1. The molecule has 1 unspecified atom stereocenters. The fourth-order valence-electron chi connectivity index (χ4n) is 14.0. The summed E-state index contributed by atoms with van der Waals surface area (Å²) in [4.78, 5) is 226. The van der Waals surface area contributed by atoms with Gasteiger partial charge >= 0.3 is 18.0 Å². The molecular weight excluding hydrogens is 1520 g/mol. The second kappa shape index (κ2) is 46.0. The highest BCUT2D eigenvalue weighted by Crippen LogP contribution is 2.27. The van der Waals surface area contributed by atoms with Gasteiger partial charge in [-0.3, -0.25) is 62.3 Å². The van der Waals surface area contributed by atoms with Crippen LogP contribution in [-0.4, -0.2) is 229 Å². The van der Waals surface area contributed by atoms with E-state index in [1.165, 1.54) is 67.9 Å². The molecule has 38 nitrogen and oxygen atoms in total. The number of urea groups is 1. The molecule has 2 aromatic carbocycles. The molecule has 5 heterocycles. The minimum absolute atomic E-state index is 0.00698. The summed E-state index contributed by atoms with van der Waals surface area (Å²) >= 11 is 0. The van der Waals surface area contributed by atoms with Gasteiger partial charge in [-0.05, 0) is 123 Å². The number of H-pyrrole nitrogens is 3. The van der Waals surface area contributed by atoms with Gasteiger partial charge in [-0.25, -0.2) is 14.6 Å². The lowest BCUT2D eigenvalue weighted by molar-refractivity contribution is -0.157. The summed E-state index contributed by atoms with van der Waals surface area (Å²) in [5.74, 6) is -14.9. The number of esters is 1. The van der Waals surface area contributed by atoms with Crippen molar-refractivity contribution in [2.24, 2.45) is 29.2 Å². The van der Waals surface area contributed by atoms with Crippen LogP contribution in [0.5, 0.6) is 11.5 Å². The molecule has 0 spiro atoms. The molecular formula is C79H115N19O19. The van der Waals surface area contributed by atoms with E-state index in [2.05, 4.69) is 97.6 Å². The number of carbonyl (C=O) groups is 15. The van der Waals surface area contributed by atoms with Crippen LogP contribution in [0, 0.1) is 17.8 Å². The van der Waals surface area contributed by atoms with Crippen LogP contribution in [0.4, 0.5) is 4.79 Å². The number of nitrogens with zero attached hydrogens (tertiary/aromatic N) is 2. The van der Waals surface area contributed by atoms with Gasteiger partial charge in [0.2, 0.25) is 70.9 Å². The van der Waals surface area contributed by atoms with Gasteiger partial charge in [-0.1, -0.05) is 86.5 Å². The van der Waals surface area contributed by atoms with Crippen LogP contribution in [-0.2, 0) is 91.1 Å². The molecule has 640 valence electrons. The molecule has 0 radical (unpaired) electrons. The number of nitrogens with two attached hydrogens (primary N) is 2. The van der Waals surface area contributed by atoms with Crippen LogP contribution in [0.2, 0.25) is 0 Å². The topological polar surface area (TPSA) is 586 Å². The quantitative estimate of drug-likeness (QED) is 0.0251. The van der Waals surface area contributed by atoms with E-state index in [4.69, 9.17) is 16.2 Å². The highest BCUT2D eigenvalue weighted by atomic mass is 16.5. The molecule has 38 heteroatoms. The van der Waals surface area contributed by atoms with Crippen LogP contribution < -0.4 is 75.3 Å². The molecule has 0 saturated carbocycles. The minimum Gasteiger partial charge on any atom is -0.508 e. The smallest absolute Gasteiger partial charge is 0.329 e. The first-order chi connectivity index (χ1) is 55.8. The SMILES string of the molecule is CC(C)CCCCCCCCCC1CC(=O)N[C@@H](CCCN)C(=O)N[C@@H](Cc2c[nH]cn2)C(=O)N[C@@H](C(C)C)C(=O)N2CCC[C@H]2C(=O)NCC(=O)N[C@@H](CCCNC(N)=O)C(=O)N[C@@H](Cc2c[nH]c3ccc(O)cc23)C(=O)NCC(=O)N[C@@H](Cc2c[nH]c3ccc(O)cc23)C(=O)NCC(=O)N[C@@H](C(C)C)C(=O)N[C@@H](CC(=O)O)C(=O)O1. The summed E-state index contributed by atoms with van der Waals surface area (Å²) in [6.07, 6.45) is 9.41. The van der Waals surface area contributed by atoms with Gasteiger partial charge in [-0.15, -0.1) is 0 Å². The number of nitrogens with one attached hydrogen (secondary N) is 15. The Balaban J connectivity index is 1.22. The van der Waals surface area contributed by atoms with Crippen molar-refractivity contribution in [2.45, 2.75) is 230 Å². The number of hydrogen-bond acceptors (Lipinski definition) is 20. The number of fused-ring (bicyclic) bond motifs is 3. The number of carboxylic acid groups (broad SMARTS) is 1. The molecule has 7 rings (SSSR count). The number of carboxylic acids is 1. The molecule has 5 aromatic rings. The number of ether oxygens (including phenoxy) is 1. The fraction of sp³-hybridized carbons (Fsp3) is 0.570. The number of aromatic amines is 3. The number of carbonyl (C=O) groups excluding carboxylic acids is 14. The minimum atomic E-state index is -1.92. The molecule has 3 aromatic heterocycles. The number of cyclic esters (lactones) is 1. The lowest BCUT2D eigenvalue weighted by Gasteiger charge is -2.31. The zero-order chi connectivity index (χ0) is 85.4. The first-order valence-corrected chi connectivity index (χ1v) is 40.0. The third-order valence-electron chi connectivity index (χ3n) is 20.3. The van der Waals surface area contributed by atoms with Gasteiger partial charge in [-0.2, -0.15) is 0 Å². The van der Waals surface area contributed by atoms with Crippen molar-refractivity contribution in [3.8, 4) is 11.5 Å². The van der Waals surface area contributed by atoms with E-state index in [-0.39, 0.29) is 88.9 Å². The number of phenols is 2. The third-order valence-corrected chi connectivity index (χ3v) is 20.3. The Labute approximate surface area is 677 Å². The monoisotopic (exact) mass is 1630 g/mol. The average Bonchev–Trinajstić information content (AvgIpc) is 1.70. The lowest BCUT2D eigenvalue weighted by atomic mass is 10.0. The molecule has 10 atom stereocenters. The van der Waals surface area contributed by atoms with Crippen molar-refractivity contribution in [3.05, 3.63) is 78.1 Å². The second-order valence-electron chi connectivity index (χ2n) is 30.8. The van der Waals surface area contributed by atoms with Crippen LogP contribution in [0.3, 0.4) is 0 Å². The third kappa shape index (κ3) is 29.7. The molecule has 22 N–H and O–H groups in total. The number of amides is 14. The Hall–Kier alpha value is -11.9. The number of aromatic nitrogens is 4. The number of aliphatic carboxylic acids is 1. The Morgan fingerprint density at radius 2 is 1.05 bits per heavy atom. The van der Waals surface area contributed by atoms with Crippen LogP contribution in [0.15, 0.2) is 61.3 Å². The van der Waals surface area contributed by atoms with Crippen molar-refractivity contribution < 1.29 is 92.0 Å². The number of hydrogen-bond donors (Lipinski definition) is 20. The van der Waals surface area contributed by atoms with E-state index < -0.39 is 194 Å². The fourth-order valence-corrected chi connectivity index (χ4v) is 14.0. The van der Waals surface area contributed by atoms with Gasteiger partial charge in [0, 0.05) is 72.7 Å². The number of unbranched alkanes of at least 4 members (excludes halogenated alkanes) is 6. The van der Waals surface area contributed by atoms with Crippen LogP contribution in [0.1, 0.15) is 168 Å². The van der Waals surface area contributed by atoms with Crippen LogP contribution in [0.25, 0.3) is 21.8 Å². The van der Waals surface area contributed by atoms with Gasteiger partial charge in [0.15, 0.2) is 0 Å². The Morgan fingerprint density at radius 1 is 0.547 bits per heavy atom. The molecule has 14 amide bonds. The summed E-state index contributed by atoms with van der Waals surface area (Å²) in [6, 6.07) is -5.62. The number of rotatable bonds is 27. The first-order valence-electron chi connectivity index (χ1n) is 40.0. The number of imidazole rings is 1. The zero-order valence-corrected chi connectivity index (χ0v) is 67.1. The first kappa shape index (κ1) is 92.3. The second-order valence-corrected chi connectivity index (χ2v) is 30.8. The Bertz CT molecular complexity index is 4260. The Morgan fingerprint density at radius 3 is 1.59 bits per heavy atom. The number of aromatic hydroxyl groups is 2. The molecule has 0 aliphatic carbocycles. The molecule has 117 heavy (non-hydrogen) atoms. The van der Waals surface area contributed by atoms with E-state index in [1.807, 2.05) is 0 Å². The van der Waals surface area contributed by atoms with E-state index in [0.29, 0.717) is 63.8 Å². The summed E-state index contributed by atoms with van der Waals surface area (Å²) in [5, 5.41) is 62.8. The Kier molecular flexibility index (Phi) is 36.3. The van der Waals surface area contributed by atoms with Gasteiger partial charge in [0.25, 0.3) is 0 Å². The molecule has 2 fully saturated rings. The molecule has 2 saturated heterocycles. The van der Waals surface area contributed by atoms with Gasteiger partial charge in [0.1, 0.15) is 72.0 Å². The normalized spacial score (nSPS) is 22.5. The summed E-state index contributed by atoms with van der Waals surface area (Å²) in [7, 11) is 0. The van der Waals surface area contributed by atoms with Crippen LogP contribution >= 0.6 is 0 Å². The molecule has 2 aliphatic rings. The van der Waals surface area contributed by atoms with E-state index >= 15 is 0 Å². The van der Waals surface area contributed by atoms with Crippen molar-refractivity contribution in [3.63, 3.8) is 0 Å². The van der Waals surface area contributed by atoms with E-state index in [9.17, 15) is 87.2 Å². The maximum Gasteiger partial charge on any atom is 0.329 e. The summed E-state index contributed by atoms with van der Waals surface area (Å²) in [5.41, 5.74) is 13.4. The lowest BCUT2D eigenvalue weighted by Crippen LogP contribution is -2.60. The van der Waals surface area contributed by atoms with Gasteiger partial charge < -0.3 is 115 Å². The maximum absolute atomic E-state index is 14.8. The summed E-state index contributed by atoms with van der Waals surface area (Å²) < 4.78 is 5.95. The number of phenolic OH excluding ortho intramolecular Hbond substituents is 2. The number of benzene rings is 2. The highest BCUT2D eigenvalue weighted by molar-refractivity contribution is 6.00. The average molecular weight is 1630 g/mol. The molecule has 2 aliphatic heterocycles. The van der Waals surface area contributed by atoms with Crippen molar-refractivity contribution in [1.82, 2.24) is 88.6 Å². The van der Waals surface area contributed by atoms with Crippen molar-refractivity contribution >= 4 is 111 Å². The van der Waals surface area contributed by atoms with E-state index in [0.717, 1.165) is 38.5 Å². The summed E-state index contributed by atoms with van der Waals surface area (Å²) in [6.45, 7) is 8.18. The van der Waals surface area contributed by atoms with E-state index in [1.54, 1.807) is 26.0 Å². The molecule has 0 bridgehead atoms. The number of primary amides is 1. The maximum atomic E-state index is 14.8.